The minimum atomic E-state index is -0.308. The van der Waals surface area contributed by atoms with Gasteiger partial charge >= 0.3 is 0 Å². The van der Waals surface area contributed by atoms with Crippen LogP contribution in [0, 0.1) is 12.7 Å². The lowest BCUT2D eigenvalue weighted by atomic mass is 10.0. The summed E-state index contributed by atoms with van der Waals surface area (Å²) >= 11 is 0. The Labute approximate surface area is 202 Å². The maximum atomic E-state index is 15.1. The predicted octanol–water partition coefficient (Wildman–Crippen LogP) is 5.53. The number of anilines is 1. The van der Waals surface area contributed by atoms with Crippen LogP contribution in [-0.2, 0) is 4.79 Å². The van der Waals surface area contributed by atoms with Gasteiger partial charge < -0.3 is 9.80 Å². The van der Waals surface area contributed by atoms with Crippen molar-refractivity contribution in [2.45, 2.75) is 26.8 Å². The van der Waals surface area contributed by atoms with Crippen LogP contribution in [0.4, 0.5) is 10.1 Å². The van der Waals surface area contributed by atoms with E-state index in [9.17, 15) is 4.79 Å². The first-order valence-corrected chi connectivity index (χ1v) is 12.2. The quantitative estimate of drug-likeness (QED) is 0.465. The van der Waals surface area contributed by atoms with Gasteiger partial charge in [-0.15, -0.1) is 0 Å². The number of benzene rings is 3. The van der Waals surface area contributed by atoms with Crippen molar-refractivity contribution >= 4 is 11.6 Å². The lowest BCUT2D eigenvalue weighted by Gasteiger charge is -2.41. The lowest BCUT2D eigenvalue weighted by Crippen LogP contribution is -2.51. The topological polar surface area (TPSA) is 26.8 Å². The maximum Gasteiger partial charge on any atom is 0.244 e. The molecule has 0 radical (unpaired) electrons. The van der Waals surface area contributed by atoms with Crippen LogP contribution in [0.25, 0.3) is 11.1 Å². The SMILES string of the molecule is CCN(CC)C(=O)C(c1ccccc1)N1CCN(c2ccc(-c3ccc(C)cc3)cc2F)CC1. The Balaban J connectivity index is 1.50. The number of hydrogen-bond acceptors (Lipinski definition) is 3. The zero-order valence-corrected chi connectivity index (χ0v) is 20.4. The molecular weight excluding hydrogens is 425 g/mol. The van der Waals surface area contributed by atoms with Crippen molar-refractivity contribution in [3.8, 4) is 11.1 Å². The highest BCUT2D eigenvalue weighted by atomic mass is 19.1. The number of rotatable bonds is 7. The molecule has 0 aromatic heterocycles. The van der Waals surface area contributed by atoms with Gasteiger partial charge in [-0.25, -0.2) is 4.39 Å². The van der Waals surface area contributed by atoms with E-state index in [2.05, 4.69) is 9.80 Å². The number of amides is 1. The molecule has 1 fully saturated rings. The molecule has 178 valence electrons. The predicted molar refractivity (Wildman–Crippen MR) is 137 cm³/mol. The molecule has 0 aliphatic carbocycles. The molecule has 1 atom stereocenters. The van der Waals surface area contributed by atoms with E-state index in [-0.39, 0.29) is 17.8 Å². The summed E-state index contributed by atoms with van der Waals surface area (Å²) in [4.78, 5) is 19.6. The molecule has 0 spiro atoms. The fourth-order valence-corrected chi connectivity index (χ4v) is 4.76. The van der Waals surface area contributed by atoms with E-state index >= 15 is 4.39 Å². The van der Waals surface area contributed by atoms with Crippen molar-refractivity contribution < 1.29 is 9.18 Å². The molecule has 3 aromatic carbocycles. The molecule has 1 aliphatic rings. The third-order valence-corrected chi connectivity index (χ3v) is 6.78. The number of piperazine rings is 1. The molecule has 3 aromatic rings. The number of likely N-dealkylation sites (N-methyl/N-ethyl adjacent to an activating group) is 1. The third kappa shape index (κ3) is 5.15. The molecule has 1 amide bonds. The Morgan fingerprint density at radius 1 is 0.882 bits per heavy atom. The number of nitrogens with zero attached hydrogens (tertiary/aromatic N) is 3. The van der Waals surface area contributed by atoms with Crippen LogP contribution >= 0.6 is 0 Å². The summed E-state index contributed by atoms with van der Waals surface area (Å²) in [5.41, 5.74) is 4.73. The molecule has 0 bridgehead atoms. The highest BCUT2D eigenvalue weighted by Crippen LogP contribution is 2.30. The first-order valence-electron chi connectivity index (χ1n) is 12.2. The second kappa shape index (κ2) is 10.8. The van der Waals surface area contributed by atoms with Gasteiger partial charge in [-0.3, -0.25) is 9.69 Å². The first kappa shape index (κ1) is 24.0. The number of halogens is 1. The summed E-state index contributed by atoms with van der Waals surface area (Å²) in [5, 5.41) is 0. The Morgan fingerprint density at radius 2 is 1.50 bits per heavy atom. The Hall–Kier alpha value is -3.18. The van der Waals surface area contributed by atoms with Crippen LogP contribution in [0.3, 0.4) is 0 Å². The van der Waals surface area contributed by atoms with Crippen molar-refractivity contribution in [2.75, 3.05) is 44.2 Å². The van der Waals surface area contributed by atoms with Crippen LogP contribution in [-0.4, -0.2) is 55.0 Å². The Bertz CT molecular complexity index is 1090. The van der Waals surface area contributed by atoms with Gasteiger partial charge in [-0.1, -0.05) is 66.2 Å². The van der Waals surface area contributed by atoms with Crippen LogP contribution in [0.5, 0.6) is 0 Å². The summed E-state index contributed by atoms with van der Waals surface area (Å²) in [5.74, 6) is -0.0661. The highest BCUT2D eigenvalue weighted by Gasteiger charge is 2.33. The highest BCUT2D eigenvalue weighted by molar-refractivity contribution is 5.83. The van der Waals surface area contributed by atoms with Gasteiger partial charge in [0.15, 0.2) is 0 Å². The molecule has 0 saturated carbocycles. The zero-order valence-electron chi connectivity index (χ0n) is 20.4. The molecule has 4 nitrogen and oxygen atoms in total. The molecule has 1 unspecified atom stereocenters. The fraction of sp³-hybridized carbons (Fsp3) is 0.345. The number of carbonyl (C=O) groups excluding carboxylic acids is 1. The molecule has 34 heavy (non-hydrogen) atoms. The van der Waals surface area contributed by atoms with Gasteiger partial charge in [0.2, 0.25) is 5.91 Å². The minimum absolute atomic E-state index is 0.137. The molecule has 1 heterocycles. The molecule has 1 saturated heterocycles. The van der Waals surface area contributed by atoms with E-state index in [0.717, 1.165) is 16.7 Å². The van der Waals surface area contributed by atoms with Crippen LogP contribution < -0.4 is 4.90 Å². The summed E-state index contributed by atoms with van der Waals surface area (Å²) in [7, 11) is 0. The van der Waals surface area contributed by atoms with Gasteiger partial charge in [-0.05, 0) is 49.6 Å². The van der Waals surface area contributed by atoms with Crippen molar-refractivity contribution in [3.63, 3.8) is 0 Å². The number of hydrogen-bond donors (Lipinski definition) is 0. The van der Waals surface area contributed by atoms with E-state index in [1.54, 1.807) is 6.07 Å². The van der Waals surface area contributed by atoms with Crippen molar-refractivity contribution in [1.82, 2.24) is 9.80 Å². The van der Waals surface area contributed by atoms with E-state index in [4.69, 9.17) is 0 Å². The first-order chi connectivity index (χ1) is 16.5. The average Bonchev–Trinajstić information content (AvgIpc) is 2.87. The summed E-state index contributed by atoms with van der Waals surface area (Å²) in [6, 6.07) is 23.3. The number of aryl methyl sites for hydroxylation is 1. The maximum absolute atomic E-state index is 15.1. The summed E-state index contributed by atoms with van der Waals surface area (Å²) in [6.07, 6.45) is 0. The standard InChI is InChI=1S/C29H34FN3O/c1-4-31(5-2)29(34)28(24-9-7-6-8-10-24)33-19-17-32(18-20-33)27-16-15-25(21-26(27)30)23-13-11-22(3)12-14-23/h6-16,21,28H,4-5,17-20H2,1-3H3. The van der Waals surface area contributed by atoms with E-state index in [1.165, 1.54) is 5.56 Å². The van der Waals surface area contributed by atoms with Gasteiger partial charge in [-0.2, -0.15) is 0 Å². The lowest BCUT2D eigenvalue weighted by molar-refractivity contribution is -0.137. The molecule has 5 heteroatoms. The summed E-state index contributed by atoms with van der Waals surface area (Å²) < 4.78 is 15.1. The Kier molecular flexibility index (Phi) is 7.63. The largest absolute Gasteiger partial charge is 0.367 e. The van der Waals surface area contributed by atoms with Gasteiger partial charge in [0.05, 0.1) is 5.69 Å². The normalized spacial score (nSPS) is 15.2. The second-order valence-corrected chi connectivity index (χ2v) is 8.88. The van der Waals surface area contributed by atoms with Gasteiger partial charge in [0.25, 0.3) is 0 Å². The summed E-state index contributed by atoms with van der Waals surface area (Å²) in [6.45, 7) is 10.2. The van der Waals surface area contributed by atoms with E-state index in [0.29, 0.717) is 45.0 Å². The van der Waals surface area contributed by atoms with Crippen molar-refractivity contribution in [2.24, 2.45) is 0 Å². The van der Waals surface area contributed by atoms with Crippen molar-refractivity contribution in [3.05, 3.63) is 89.7 Å². The monoisotopic (exact) mass is 459 g/mol. The van der Waals surface area contributed by atoms with Gasteiger partial charge in [0, 0.05) is 39.3 Å². The second-order valence-electron chi connectivity index (χ2n) is 8.88. The van der Waals surface area contributed by atoms with Crippen molar-refractivity contribution in [1.29, 1.82) is 0 Å². The average molecular weight is 460 g/mol. The smallest absolute Gasteiger partial charge is 0.244 e. The Morgan fingerprint density at radius 3 is 2.09 bits per heavy atom. The van der Waals surface area contributed by atoms with Crippen LogP contribution in [0.2, 0.25) is 0 Å². The zero-order chi connectivity index (χ0) is 24.1. The van der Waals surface area contributed by atoms with Crippen LogP contribution in [0.1, 0.15) is 31.0 Å². The molecular formula is C29H34FN3O. The van der Waals surface area contributed by atoms with Crippen LogP contribution in [0.15, 0.2) is 72.8 Å². The molecule has 4 rings (SSSR count). The molecule has 0 N–H and O–H groups in total. The fourth-order valence-electron chi connectivity index (χ4n) is 4.76. The van der Waals surface area contributed by atoms with E-state index < -0.39 is 0 Å². The van der Waals surface area contributed by atoms with E-state index in [1.807, 2.05) is 92.4 Å². The minimum Gasteiger partial charge on any atom is -0.367 e. The molecule has 1 aliphatic heterocycles. The third-order valence-electron chi connectivity index (χ3n) is 6.78. The number of carbonyl (C=O) groups is 1. The van der Waals surface area contributed by atoms with Gasteiger partial charge in [0.1, 0.15) is 11.9 Å².